The van der Waals surface area contributed by atoms with Gasteiger partial charge < -0.3 is 10.2 Å². The number of hydrogen-bond donors (Lipinski definition) is 1. The first-order valence-electron chi connectivity index (χ1n) is 6.11. The van der Waals surface area contributed by atoms with Gasteiger partial charge in [0.05, 0.1) is 0 Å². The van der Waals surface area contributed by atoms with Crippen molar-refractivity contribution in [2.24, 2.45) is 5.92 Å². The fraction of sp³-hybridized carbons (Fsp3) is 0.571. The molecule has 1 aromatic carbocycles. The van der Waals surface area contributed by atoms with Gasteiger partial charge in [-0.3, -0.25) is 0 Å². The highest BCUT2D eigenvalue weighted by molar-refractivity contribution is 6.30. The average Bonchev–Trinajstić information content (AvgIpc) is 2.23. The summed E-state index contributed by atoms with van der Waals surface area (Å²) in [7, 11) is 4.22. The summed E-state index contributed by atoms with van der Waals surface area (Å²) >= 11 is 5.97. The lowest BCUT2D eigenvalue weighted by atomic mass is 10.0. The standard InChI is InChI=1S/C14H23ClN2/c1-11(2)14(10-17(3)4)16-9-12-6-5-7-13(15)8-12/h5-8,11,14,16H,9-10H2,1-4H3. The molecule has 1 rings (SSSR count). The first-order valence-corrected chi connectivity index (χ1v) is 6.49. The lowest BCUT2D eigenvalue weighted by Gasteiger charge is -2.25. The molecule has 1 unspecified atom stereocenters. The lowest BCUT2D eigenvalue weighted by Crippen LogP contribution is -2.41. The van der Waals surface area contributed by atoms with Gasteiger partial charge in [0, 0.05) is 24.2 Å². The molecule has 0 amide bonds. The lowest BCUT2D eigenvalue weighted by molar-refractivity contribution is 0.288. The number of benzene rings is 1. The monoisotopic (exact) mass is 254 g/mol. The highest BCUT2D eigenvalue weighted by Crippen LogP contribution is 2.11. The van der Waals surface area contributed by atoms with Gasteiger partial charge in [0.1, 0.15) is 0 Å². The molecule has 1 N–H and O–H groups in total. The van der Waals surface area contributed by atoms with E-state index in [1.807, 2.05) is 18.2 Å². The van der Waals surface area contributed by atoms with Crippen LogP contribution in [0.1, 0.15) is 19.4 Å². The zero-order chi connectivity index (χ0) is 12.8. The zero-order valence-electron chi connectivity index (χ0n) is 11.2. The summed E-state index contributed by atoms with van der Waals surface area (Å²) in [6.45, 7) is 6.42. The Bertz CT molecular complexity index is 337. The van der Waals surface area contributed by atoms with Crippen LogP contribution >= 0.6 is 11.6 Å². The Morgan fingerprint density at radius 1 is 1.29 bits per heavy atom. The number of halogens is 1. The van der Waals surface area contributed by atoms with E-state index in [1.54, 1.807) is 0 Å². The SMILES string of the molecule is CC(C)C(CN(C)C)NCc1cccc(Cl)c1. The molecule has 0 radical (unpaired) electrons. The molecular weight excluding hydrogens is 232 g/mol. The van der Waals surface area contributed by atoms with Gasteiger partial charge in [0.2, 0.25) is 0 Å². The van der Waals surface area contributed by atoms with E-state index in [1.165, 1.54) is 5.56 Å². The van der Waals surface area contributed by atoms with Crippen LogP contribution < -0.4 is 5.32 Å². The fourth-order valence-electron chi connectivity index (χ4n) is 1.80. The van der Waals surface area contributed by atoms with Gasteiger partial charge in [-0.2, -0.15) is 0 Å². The second-order valence-corrected chi connectivity index (χ2v) is 5.56. The maximum absolute atomic E-state index is 5.97. The predicted molar refractivity (Wildman–Crippen MR) is 75.5 cm³/mol. The van der Waals surface area contributed by atoms with Crippen molar-refractivity contribution in [2.45, 2.75) is 26.4 Å². The molecule has 1 aromatic rings. The van der Waals surface area contributed by atoms with Crippen LogP contribution in [0.4, 0.5) is 0 Å². The van der Waals surface area contributed by atoms with Gasteiger partial charge in [0.15, 0.2) is 0 Å². The molecule has 0 fully saturated rings. The van der Waals surface area contributed by atoms with E-state index in [0.717, 1.165) is 18.1 Å². The van der Waals surface area contributed by atoms with Crippen LogP contribution in [0, 0.1) is 5.92 Å². The summed E-state index contributed by atoms with van der Waals surface area (Å²) in [5, 5.41) is 4.40. The van der Waals surface area contributed by atoms with Crippen LogP contribution in [0.25, 0.3) is 0 Å². The Labute approximate surface area is 110 Å². The average molecular weight is 255 g/mol. The van der Waals surface area contributed by atoms with Crippen molar-refractivity contribution in [1.29, 1.82) is 0 Å². The van der Waals surface area contributed by atoms with Crippen LogP contribution in [0.5, 0.6) is 0 Å². The minimum Gasteiger partial charge on any atom is -0.308 e. The molecule has 0 heterocycles. The molecule has 1 atom stereocenters. The molecule has 0 saturated heterocycles. The molecule has 0 aliphatic carbocycles. The van der Waals surface area contributed by atoms with E-state index in [-0.39, 0.29) is 0 Å². The van der Waals surface area contributed by atoms with E-state index < -0.39 is 0 Å². The predicted octanol–water partition coefficient (Wildman–Crippen LogP) is 3.02. The quantitative estimate of drug-likeness (QED) is 0.840. The van der Waals surface area contributed by atoms with Gasteiger partial charge in [-0.1, -0.05) is 37.6 Å². The number of hydrogen-bond acceptors (Lipinski definition) is 2. The Balaban J connectivity index is 2.51. The molecule has 96 valence electrons. The molecule has 0 bridgehead atoms. The Morgan fingerprint density at radius 2 is 2.00 bits per heavy atom. The van der Waals surface area contributed by atoms with Crippen LogP contribution in [0.15, 0.2) is 24.3 Å². The van der Waals surface area contributed by atoms with Crippen molar-refractivity contribution < 1.29 is 0 Å². The Morgan fingerprint density at radius 3 is 2.53 bits per heavy atom. The summed E-state index contributed by atoms with van der Waals surface area (Å²) < 4.78 is 0. The van der Waals surface area contributed by atoms with E-state index >= 15 is 0 Å². The first kappa shape index (κ1) is 14.5. The van der Waals surface area contributed by atoms with Crippen LogP contribution in [-0.2, 0) is 6.54 Å². The normalized spacial score (nSPS) is 13.4. The van der Waals surface area contributed by atoms with Crippen molar-refractivity contribution in [2.75, 3.05) is 20.6 Å². The summed E-state index contributed by atoms with van der Waals surface area (Å²) in [6, 6.07) is 8.53. The summed E-state index contributed by atoms with van der Waals surface area (Å²) in [5.41, 5.74) is 1.24. The van der Waals surface area contributed by atoms with Gasteiger partial charge in [-0.05, 0) is 37.7 Å². The van der Waals surface area contributed by atoms with E-state index in [4.69, 9.17) is 11.6 Å². The third-order valence-electron chi connectivity index (χ3n) is 2.82. The third kappa shape index (κ3) is 5.53. The summed E-state index contributed by atoms with van der Waals surface area (Å²) in [4.78, 5) is 2.22. The van der Waals surface area contributed by atoms with Crippen LogP contribution in [0.2, 0.25) is 5.02 Å². The highest BCUT2D eigenvalue weighted by Gasteiger charge is 2.13. The van der Waals surface area contributed by atoms with E-state index in [0.29, 0.717) is 12.0 Å². The van der Waals surface area contributed by atoms with Crippen molar-refractivity contribution in [3.63, 3.8) is 0 Å². The van der Waals surface area contributed by atoms with Gasteiger partial charge in [-0.25, -0.2) is 0 Å². The van der Waals surface area contributed by atoms with E-state index in [9.17, 15) is 0 Å². The zero-order valence-corrected chi connectivity index (χ0v) is 12.0. The van der Waals surface area contributed by atoms with Crippen molar-refractivity contribution >= 4 is 11.6 Å². The number of nitrogens with one attached hydrogen (secondary N) is 1. The van der Waals surface area contributed by atoms with Crippen molar-refractivity contribution in [3.8, 4) is 0 Å². The van der Waals surface area contributed by atoms with E-state index in [2.05, 4.69) is 44.2 Å². The highest BCUT2D eigenvalue weighted by atomic mass is 35.5. The van der Waals surface area contributed by atoms with Gasteiger partial charge in [0.25, 0.3) is 0 Å². The van der Waals surface area contributed by atoms with Gasteiger partial charge >= 0.3 is 0 Å². The largest absolute Gasteiger partial charge is 0.308 e. The molecule has 0 spiro atoms. The molecule has 0 aliphatic heterocycles. The Hall–Kier alpha value is -0.570. The van der Waals surface area contributed by atoms with Crippen molar-refractivity contribution in [3.05, 3.63) is 34.9 Å². The molecule has 3 heteroatoms. The number of nitrogens with zero attached hydrogens (tertiary/aromatic N) is 1. The third-order valence-corrected chi connectivity index (χ3v) is 3.06. The second-order valence-electron chi connectivity index (χ2n) is 5.12. The van der Waals surface area contributed by atoms with Crippen molar-refractivity contribution in [1.82, 2.24) is 10.2 Å². The molecule has 2 nitrogen and oxygen atoms in total. The fourth-order valence-corrected chi connectivity index (χ4v) is 2.01. The van der Waals surface area contributed by atoms with Gasteiger partial charge in [-0.15, -0.1) is 0 Å². The topological polar surface area (TPSA) is 15.3 Å². The second kappa shape index (κ2) is 7.00. The molecular formula is C14H23ClN2. The van der Waals surface area contributed by atoms with Crippen LogP contribution in [-0.4, -0.2) is 31.6 Å². The molecule has 0 aliphatic rings. The summed E-state index contributed by atoms with van der Waals surface area (Å²) in [6.07, 6.45) is 0. The minimum atomic E-state index is 0.504. The Kier molecular flexibility index (Phi) is 5.96. The molecule has 0 saturated carbocycles. The summed E-state index contributed by atoms with van der Waals surface area (Å²) in [5.74, 6) is 0.622. The maximum atomic E-state index is 5.97. The van der Waals surface area contributed by atoms with Crippen LogP contribution in [0.3, 0.4) is 0 Å². The first-order chi connectivity index (χ1) is 7.99. The maximum Gasteiger partial charge on any atom is 0.0409 e. The number of rotatable bonds is 6. The molecule has 0 aromatic heterocycles. The number of likely N-dealkylation sites (N-methyl/N-ethyl adjacent to an activating group) is 1. The minimum absolute atomic E-state index is 0.504. The smallest absolute Gasteiger partial charge is 0.0409 e. The molecule has 17 heavy (non-hydrogen) atoms.